The van der Waals surface area contributed by atoms with Gasteiger partial charge in [0.05, 0.1) is 4.47 Å². The van der Waals surface area contributed by atoms with Crippen molar-refractivity contribution < 1.29 is 22.3 Å². The maximum absolute atomic E-state index is 12.3. The molecule has 13 heavy (non-hydrogen) atoms. The van der Waals surface area contributed by atoms with Gasteiger partial charge in [0.1, 0.15) is 0 Å². The standard InChI is InChI=1S/C6H2BrF4NO/c7-3-1-2-4(8)12-5(3)13-6(9,10)11/h1-2H. The second-order valence-corrected chi connectivity index (χ2v) is 2.82. The monoisotopic (exact) mass is 259 g/mol. The molecule has 0 atom stereocenters. The highest BCUT2D eigenvalue weighted by atomic mass is 79.9. The molecule has 0 aliphatic heterocycles. The van der Waals surface area contributed by atoms with Crippen LogP contribution in [0.5, 0.6) is 5.88 Å². The zero-order chi connectivity index (χ0) is 10.1. The first-order valence-corrected chi connectivity index (χ1v) is 3.75. The molecule has 0 bridgehead atoms. The average molecular weight is 260 g/mol. The van der Waals surface area contributed by atoms with E-state index in [9.17, 15) is 17.6 Å². The van der Waals surface area contributed by atoms with Gasteiger partial charge in [0.15, 0.2) is 0 Å². The minimum atomic E-state index is -4.87. The first-order chi connectivity index (χ1) is 5.88. The molecule has 1 rings (SSSR count). The van der Waals surface area contributed by atoms with Crippen LogP contribution in [0.2, 0.25) is 0 Å². The molecule has 0 saturated heterocycles. The minimum Gasteiger partial charge on any atom is -0.387 e. The lowest BCUT2D eigenvalue weighted by Crippen LogP contribution is -2.18. The Morgan fingerprint density at radius 2 is 1.92 bits per heavy atom. The Balaban J connectivity index is 2.94. The zero-order valence-electron chi connectivity index (χ0n) is 5.90. The van der Waals surface area contributed by atoms with Crippen LogP contribution in [0.1, 0.15) is 0 Å². The van der Waals surface area contributed by atoms with Crippen LogP contribution in [-0.2, 0) is 0 Å². The van der Waals surface area contributed by atoms with E-state index in [0.29, 0.717) is 0 Å². The molecule has 0 aliphatic carbocycles. The Bertz CT molecular complexity index is 314. The maximum atomic E-state index is 12.3. The summed E-state index contributed by atoms with van der Waals surface area (Å²) in [6, 6.07) is 1.98. The Labute approximate surface area is 78.7 Å². The van der Waals surface area contributed by atoms with Gasteiger partial charge in [-0.3, -0.25) is 0 Å². The molecule has 7 heteroatoms. The minimum absolute atomic E-state index is 0.0637. The number of nitrogens with zero attached hydrogens (tertiary/aromatic N) is 1. The van der Waals surface area contributed by atoms with Gasteiger partial charge >= 0.3 is 6.36 Å². The lowest BCUT2D eigenvalue weighted by Gasteiger charge is -2.08. The topological polar surface area (TPSA) is 22.1 Å². The van der Waals surface area contributed by atoms with E-state index in [1.165, 1.54) is 0 Å². The van der Waals surface area contributed by atoms with Crippen LogP contribution in [0.3, 0.4) is 0 Å². The molecule has 0 radical (unpaired) electrons. The number of rotatable bonds is 1. The summed E-state index contributed by atoms with van der Waals surface area (Å²) in [5.41, 5.74) is 0. The van der Waals surface area contributed by atoms with Gasteiger partial charge in [0, 0.05) is 0 Å². The number of halogens is 5. The molecule has 1 heterocycles. The van der Waals surface area contributed by atoms with E-state index in [0.717, 1.165) is 12.1 Å². The first kappa shape index (κ1) is 10.2. The van der Waals surface area contributed by atoms with Gasteiger partial charge in [-0.25, -0.2) is 0 Å². The summed E-state index contributed by atoms with van der Waals surface area (Å²) < 4.78 is 50.6. The number of pyridine rings is 1. The molecule has 0 aliphatic rings. The van der Waals surface area contributed by atoms with E-state index in [4.69, 9.17) is 0 Å². The van der Waals surface area contributed by atoms with Gasteiger partial charge in [-0.05, 0) is 28.1 Å². The molecular weight excluding hydrogens is 258 g/mol. The third-order valence-corrected chi connectivity index (χ3v) is 1.60. The van der Waals surface area contributed by atoms with Crippen LogP contribution < -0.4 is 4.74 Å². The summed E-state index contributed by atoms with van der Waals surface area (Å²) >= 11 is 2.73. The normalized spacial score (nSPS) is 11.5. The van der Waals surface area contributed by atoms with Crippen molar-refractivity contribution in [2.24, 2.45) is 0 Å². The molecule has 0 amide bonds. The molecule has 1 aromatic heterocycles. The Morgan fingerprint density at radius 3 is 2.46 bits per heavy atom. The molecule has 2 nitrogen and oxygen atoms in total. The van der Waals surface area contributed by atoms with Crippen molar-refractivity contribution in [1.29, 1.82) is 0 Å². The first-order valence-electron chi connectivity index (χ1n) is 2.96. The number of aromatic nitrogens is 1. The molecule has 0 aromatic carbocycles. The van der Waals surface area contributed by atoms with Crippen LogP contribution in [-0.4, -0.2) is 11.3 Å². The molecule has 72 valence electrons. The van der Waals surface area contributed by atoms with Crippen LogP contribution in [0.25, 0.3) is 0 Å². The summed E-state index contributed by atoms with van der Waals surface area (Å²) in [6.07, 6.45) is -4.87. The highest BCUT2D eigenvalue weighted by molar-refractivity contribution is 9.10. The van der Waals surface area contributed by atoms with Crippen molar-refractivity contribution in [3.05, 3.63) is 22.6 Å². The van der Waals surface area contributed by atoms with Crippen LogP contribution in [0.4, 0.5) is 17.6 Å². The van der Waals surface area contributed by atoms with E-state index in [2.05, 4.69) is 25.7 Å². The summed E-state index contributed by atoms with van der Waals surface area (Å²) in [7, 11) is 0. The van der Waals surface area contributed by atoms with Crippen molar-refractivity contribution in [3.63, 3.8) is 0 Å². The van der Waals surface area contributed by atoms with E-state index in [1.807, 2.05) is 0 Å². The zero-order valence-corrected chi connectivity index (χ0v) is 7.49. The lowest BCUT2D eigenvalue weighted by atomic mass is 10.5. The van der Waals surface area contributed by atoms with E-state index in [1.54, 1.807) is 0 Å². The van der Waals surface area contributed by atoms with Crippen LogP contribution >= 0.6 is 15.9 Å². The predicted molar refractivity (Wildman–Crippen MR) is 38.6 cm³/mol. The van der Waals surface area contributed by atoms with Crippen LogP contribution in [0.15, 0.2) is 16.6 Å². The van der Waals surface area contributed by atoms with Gasteiger partial charge < -0.3 is 4.74 Å². The average Bonchev–Trinajstić information content (AvgIpc) is 1.94. The van der Waals surface area contributed by atoms with E-state index < -0.39 is 18.2 Å². The van der Waals surface area contributed by atoms with Crippen LogP contribution in [0, 0.1) is 5.95 Å². The molecule has 0 saturated carbocycles. The Kier molecular flexibility index (Phi) is 2.74. The SMILES string of the molecule is Fc1ccc(Br)c(OC(F)(F)F)n1. The largest absolute Gasteiger partial charge is 0.574 e. The highest BCUT2D eigenvalue weighted by Gasteiger charge is 2.32. The molecule has 0 N–H and O–H groups in total. The second kappa shape index (κ2) is 3.49. The molecule has 0 unspecified atom stereocenters. The van der Waals surface area contributed by atoms with E-state index in [-0.39, 0.29) is 4.47 Å². The maximum Gasteiger partial charge on any atom is 0.574 e. The fourth-order valence-corrected chi connectivity index (χ4v) is 0.884. The van der Waals surface area contributed by atoms with Crippen molar-refractivity contribution in [1.82, 2.24) is 4.98 Å². The number of alkyl halides is 3. The van der Waals surface area contributed by atoms with Crippen molar-refractivity contribution in [2.75, 3.05) is 0 Å². The van der Waals surface area contributed by atoms with Gasteiger partial charge in [0.25, 0.3) is 0 Å². The van der Waals surface area contributed by atoms with Gasteiger partial charge in [-0.15, -0.1) is 13.2 Å². The van der Waals surface area contributed by atoms with E-state index >= 15 is 0 Å². The van der Waals surface area contributed by atoms with Crippen molar-refractivity contribution >= 4 is 15.9 Å². The third kappa shape index (κ3) is 3.17. The van der Waals surface area contributed by atoms with Gasteiger partial charge in [-0.1, -0.05) is 0 Å². The van der Waals surface area contributed by atoms with Crippen molar-refractivity contribution in [3.8, 4) is 5.88 Å². The molecule has 0 fully saturated rings. The molecular formula is C6H2BrF4NO. The summed E-state index contributed by atoms with van der Waals surface area (Å²) in [5, 5.41) is 0. The summed E-state index contributed by atoms with van der Waals surface area (Å²) in [4.78, 5) is 2.90. The Morgan fingerprint density at radius 1 is 1.31 bits per heavy atom. The predicted octanol–water partition coefficient (Wildman–Crippen LogP) is 2.88. The fourth-order valence-electron chi connectivity index (χ4n) is 0.582. The lowest BCUT2D eigenvalue weighted by molar-refractivity contribution is -0.276. The molecule has 1 aromatic rings. The third-order valence-electron chi connectivity index (χ3n) is 0.992. The second-order valence-electron chi connectivity index (χ2n) is 1.97. The Hall–Kier alpha value is -0.850. The summed E-state index contributed by atoms with van der Waals surface area (Å²) in [5.74, 6) is -1.88. The fraction of sp³-hybridized carbons (Fsp3) is 0.167. The van der Waals surface area contributed by atoms with Gasteiger partial charge in [-0.2, -0.15) is 9.37 Å². The molecule has 0 spiro atoms. The summed E-state index contributed by atoms with van der Waals surface area (Å²) in [6.45, 7) is 0. The highest BCUT2D eigenvalue weighted by Crippen LogP contribution is 2.27. The smallest absolute Gasteiger partial charge is 0.387 e. The van der Waals surface area contributed by atoms with Gasteiger partial charge in [0.2, 0.25) is 11.8 Å². The number of hydrogen-bond acceptors (Lipinski definition) is 2. The number of hydrogen-bond donors (Lipinski definition) is 0. The quantitative estimate of drug-likeness (QED) is 0.572. The number of ether oxygens (including phenoxy) is 1. The van der Waals surface area contributed by atoms with Crippen molar-refractivity contribution in [2.45, 2.75) is 6.36 Å².